The highest BCUT2D eigenvalue weighted by molar-refractivity contribution is 6.29. The normalized spacial score (nSPS) is 14.8. The lowest BCUT2D eigenvalue weighted by atomic mass is 10.3. The second-order valence-electron chi connectivity index (χ2n) is 3.12. The smallest absolute Gasteiger partial charge is 0.137 e. The first-order chi connectivity index (χ1) is 6.25. The summed E-state index contributed by atoms with van der Waals surface area (Å²) in [5.41, 5.74) is 6.86. The number of nitrogens with zero attached hydrogens (tertiary/aromatic N) is 1. The average Bonchev–Trinajstić information content (AvgIpc) is 2.90. The van der Waals surface area contributed by atoms with Gasteiger partial charge in [0.1, 0.15) is 10.8 Å². The highest BCUT2D eigenvalue weighted by atomic mass is 35.5. The Bertz CT molecular complexity index is 386. The van der Waals surface area contributed by atoms with Crippen LogP contribution in [0.4, 0.5) is 5.69 Å². The molecule has 0 saturated heterocycles. The third kappa shape index (κ3) is 2.13. The molecule has 13 heavy (non-hydrogen) atoms. The van der Waals surface area contributed by atoms with Gasteiger partial charge in [-0.3, -0.25) is 0 Å². The molecule has 0 bridgehead atoms. The fourth-order valence-electron chi connectivity index (χ4n) is 0.944. The second kappa shape index (κ2) is 3.27. The summed E-state index contributed by atoms with van der Waals surface area (Å²) in [7, 11) is 0. The maximum absolute atomic E-state index is 5.71. The molecule has 1 aliphatic rings. The molecule has 1 aromatic heterocycles. The average molecular weight is 193 g/mol. The largest absolute Gasteiger partial charge is 0.396 e. The molecule has 2 N–H and O–H groups in total. The topological polar surface area (TPSA) is 38.9 Å². The molecule has 2 rings (SSSR count). The van der Waals surface area contributed by atoms with Crippen LogP contribution in [-0.4, -0.2) is 4.98 Å². The summed E-state index contributed by atoms with van der Waals surface area (Å²) in [6, 6.07) is 3.39. The fraction of sp³-hybridized carbons (Fsp3) is 0.300. The third-order valence-corrected chi connectivity index (χ3v) is 2.08. The van der Waals surface area contributed by atoms with E-state index >= 15 is 0 Å². The van der Waals surface area contributed by atoms with E-state index in [9.17, 15) is 0 Å². The molecule has 1 aromatic rings. The molecule has 2 nitrogen and oxygen atoms in total. The summed E-state index contributed by atoms with van der Waals surface area (Å²) in [4.78, 5) is 4.04. The van der Waals surface area contributed by atoms with Crippen molar-refractivity contribution in [2.75, 3.05) is 5.73 Å². The Morgan fingerprint density at radius 1 is 1.46 bits per heavy atom. The van der Waals surface area contributed by atoms with Gasteiger partial charge >= 0.3 is 0 Å². The molecular weight excluding hydrogens is 184 g/mol. The first kappa shape index (κ1) is 8.40. The number of nitrogens with two attached hydrogens (primary N) is 1. The van der Waals surface area contributed by atoms with Crippen LogP contribution in [-0.2, 0) is 0 Å². The predicted octanol–water partition coefficient (Wildman–Crippen LogP) is 2.08. The molecule has 1 saturated carbocycles. The van der Waals surface area contributed by atoms with Gasteiger partial charge in [-0.25, -0.2) is 4.98 Å². The van der Waals surface area contributed by atoms with Crippen molar-refractivity contribution in [3.63, 3.8) is 0 Å². The van der Waals surface area contributed by atoms with Crippen molar-refractivity contribution in [3.05, 3.63) is 23.0 Å². The summed E-state index contributed by atoms with van der Waals surface area (Å²) in [6.07, 6.45) is 2.40. The minimum Gasteiger partial charge on any atom is -0.396 e. The molecule has 0 unspecified atom stereocenters. The lowest BCUT2D eigenvalue weighted by molar-refractivity contribution is 1.18. The summed E-state index contributed by atoms with van der Waals surface area (Å²) < 4.78 is 0. The first-order valence-electron chi connectivity index (χ1n) is 4.19. The highest BCUT2D eigenvalue weighted by Gasteiger charge is 2.17. The molecule has 1 aliphatic carbocycles. The van der Waals surface area contributed by atoms with Gasteiger partial charge in [0.2, 0.25) is 0 Å². The molecule has 0 spiro atoms. The van der Waals surface area contributed by atoms with Gasteiger partial charge in [-0.1, -0.05) is 17.5 Å². The van der Waals surface area contributed by atoms with Crippen LogP contribution in [0.1, 0.15) is 18.5 Å². The maximum Gasteiger partial charge on any atom is 0.137 e. The Morgan fingerprint density at radius 3 is 2.92 bits per heavy atom. The minimum atomic E-state index is 0.439. The Kier molecular flexibility index (Phi) is 2.12. The van der Waals surface area contributed by atoms with Crippen molar-refractivity contribution in [1.29, 1.82) is 0 Å². The zero-order chi connectivity index (χ0) is 9.26. The zero-order valence-electron chi connectivity index (χ0n) is 7.05. The quantitative estimate of drug-likeness (QED) is 0.505. The molecule has 0 atom stereocenters. The number of hydrogen-bond donors (Lipinski definition) is 1. The summed E-state index contributed by atoms with van der Waals surface area (Å²) >= 11 is 5.71. The van der Waals surface area contributed by atoms with Crippen molar-refractivity contribution in [3.8, 4) is 11.8 Å². The second-order valence-corrected chi connectivity index (χ2v) is 3.50. The van der Waals surface area contributed by atoms with E-state index in [0.29, 0.717) is 22.5 Å². The number of hydrogen-bond acceptors (Lipinski definition) is 2. The van der Waals surface area contributed by atoms with E-state index in [1.165, 1.54) is 12.8 Å². The van der Waals surface area contributed by atoms with Crippen LogP contribution in [0.15, 0.2) is 12.1 Å². The highest BCUT2D eigenvalue weighted by Crippen LogP contribution is 2.27. The number of rotatable bonds is 0. The standard InChI is InChI=1S/C10H9ClN2/c11-10-6-4-8(12)9(13-10)5-3-7-1-2-7/h4,6-7H,1-2,12H2. The van der Waals surface area contributed by atoms with Crippen LogP contribution in [0, 0.1) is 17.8 Å². The molecule has 0 aromatic carbocycles. The lowest BCUT2D eigenvalue weighted by Crippen LogP contribution is -1.93. The van der Waals surface area contributed by atoms with Gasteiger partial charge in [0.15, 0.2) is 0 Å². The Hall–Kier alpha value is -1.20. The van der Waals surface area contributed by atoms with E-state index in [-0.39, 0.29) is 0 Å². The molecule has 0 radical (unpaired) electrons. The summed E-state index contributed by atoms with van der Waals surface area (Å²) in [5, 5.41) is 0.439. The van der Waals surface area contributed by atoms with E-state index in [4.69, 9.17) is 17.3 Å². The van der Waals surface area contributed by atoms with Gasteiger partial charge in [0.25, 0.3) is 0 Å². The maximum atomic E-state index is 5.71. The monoisotopic (exact) mass is 192 g/mol. The number of halogens is 1. The summed E-state index contributed by atoms with van der Waals surface area (Å²) in [6.45, 7) is 0. The molecule has 66 valence electrons. The predicted molar refractivity (Wildman–Crippen MR) is 53.3 cm³/mol. The summed E-state index contributed by atoms with van der Waals surface area (Å²) in [5.74, 6) is 6.59. The van der Waals surface area contributed by atoms with Gasteiger partial charge in [-0.15, -0.1) is 0 Å². The van der Waals surface area contributed by atoms with E-state index < -0.39 is 0 Å². The van der Waals surface area contributed by atoms with Gasteiger partial charge in [0.05, 0.1) is 5.69 Å². The number of aromatic nitrogens is 1. The number of anilines is 1. The van der Waals surface area contributed by atoms with Crippen molar-refractivity contribution in [2.45, 2.75) is 12.8 Å². The zero-order valence-corrected chi connectivity index (χ0v) is 7.80. The van der Waals surface area contributed by atoms with E-state index in [1.807, 2.05) is 0 Å². The lowest BCUT2D eigenvalue weighted by Gasteiger charge is -1.96. The molecule has 1 heterocycles. The van der Waals surface area contributed by atoms with E-state index in [2.05, 4.69) is 16.8 Å². The van der Waals surface area contributed by atoms with Gasteiger partial charge in [-0.05, 0) is 30.9 Å². The Balaban J connectivity index is 2.28. The van der Waals surface area contributed by atoms with Crippen LogP contribution in [0.25, 0.3) is 0 Å². The molecule has 0 amide bonds. The number of nitrogen functional groups attached to an aromatic ring is 1. The first-order valence-corrected chi connectivity index (χ1v) is 4.57. The van der Waals surface area contributed by atoms with Gasteiger partial charge in [-0.2, -0.15) is 0 Å². The van der Waals surface area contributed by atoms with E-state index in [1.54, 1.807) is 12.1 Å². The third-order valence-electron chi connectivity index (χ3n) is 1.86. The van der Waals surface area contributed by atoms with E-state index in [0.717, 1.165) is 0 Å². The van der Waals surface area contributed by atoms with Gasteiger partial charge < -0.3 is 5.73 Å². The van der Waals surface area contributed by atoms with Crippen molar-refractivity contribution >= 4 is 17.3 Å². The SMILES string of the molecule is Nc1ccc(Cl)nc1C#CC1CC1. The van der Waals surface area contributed by atoms with Crippen molar-refractivity contribution < 1.29 is 0 Å². The van der Waals surface area contributed by atoms with Crippen LogP contribution >= 0.6 is 11.6 Å². The van der Waals surface area contributed by atoms with Crippen LogP contribution < -0.4 is 5.73 Å². The number of pyridine rings is 1. The van der Waals surface area contributed by atoms with Crippen molar-refractivity contribution in [2.24, 2.45) is 5.92 Å². The Morgan fingerprint density at radius 2 is 2.23 bits per heavy atom. The van der Waals surface area contributed by atoms with Gasteiger partial charge in [0, 0.05) is 5.92 Å². The molecule has 1 fully saturated rings. The van der Waals surface area contributed by atoms with Crippen molar-refractivity contribution in [1.82, 2.24) is 4.98 Å². The fourth-order valence-corrected chi connectivity index (χ4v) is 1.09. The molecule has 0 aliphatic heterocycles. The minimum absolute atomic E-state index is 0.439. The molecular formula is C10H9ClN2. The molecule has 3 heteroatoms. The van der Waals surface area contributed by atoms with Crippen LogP contribution in [0.2, 0.25) is 5.15 Å². The van der Waals surface area contributed by atoms with Crippen LogP contribution in [0.3, 0.4) is 0 Å². The van der Waals surface area contributed by atoms with Crippen LogP contribution in [0.5, 0.6) is 0 Å². The Labute approximate surface area is 82.1 Å².